The van der Waals surface area contributed by atoms with Crippen molar-refractivity contribution in [2.24, 2.45) is 0 Å². The van der Waals surface area contributed by atoms with Gasteiger partial charge in [-0.3, -0.25) is 0 Å². The SMILES string of the molecule is c1ccc(C2(c3ccccc3)c3ccc(-c4cccc(-c5cc(-c6nc7ccccc7o6)cc(-c6nc7ccccc7o6)c5)c4)cc3-c3ccc4ccccc4c32)cc1. The van der Waals surface area contributed by atoms with Crippen LogP contribution in [0.25, 0.3) is 89.3 Å². The van der Waals surface area contributed by atoms with E-state index in [9.17, 15) is 0 Å². The monoisotopic (exact) mass is 754 g/mol. The van der Waals surface area contributed by atoms with Crippen molar-refractivity contribution >= 4 is 33.0 Å². The Kier molecular flexibility index (Phi) is 7.41. The van der Waals surface area contributed by atoms with Crippen LogP contribution in [0.2, 0.25) is 0 Å². The summed E-state index contributed by atoms with van der Waals surface area (Å²) < 4.78 is 12.6. The number of fused-ring (bicyclic) bond motifs is 7. The van der Waals surface area contributed by atoms with Crippen molar-refractivity contribution in [3.8, 4) is 56.3 Å². The molecule has 0 fully saturated rings. The van der Waals surface area contributed by atoms with E-state index in [-0.39, 0.29) is 0 Å². The van der Waals surface area contributed by atoms with Crippen LogP contribution >= 0.6 is 0 Å². The average molecular weight is 755 g/mol. The van der Waals surface area contributed by atoms with E-state index in [4.69, 9.17) is 18.8 Å². The highest BCUT2D eigenvalue weighted by atomic mass is 16.4. The van der Waals surface area contributed by atoms with E-state index in [1.165, 1.54) is 44.2 Å². The Morgan fingerprint density at radius 2 is 0.881 bits per heavy atom. The van der Waals surface area contributed by atoms with E-state index in [1.54, 1.807) is 0 Å². The second kappa shape index (κ2) is 13.1. The molecule has 2 heterocycles. The molecule has 1 aliphatic carbocycles. The molecule has 2 aromatic heterocycles. The van der Waals surface area contributed by atoms with Crippen LogP contribution in [0.5, 0.6) is 0 Å². The van der Waals surface area contributed by atoms with Crippen LogP contribution in [0, 0.1) is 0 Å². The van der Waals surface area contributed by atoms with E-state index in [2.05, 4.69) is 158 Å². The first-order valence-corrected chi connectivity index (χ1v) is 20.0. The molecule has 4 heteroatoms. The molecule has 0 amide bonds. The Balaban J connectivity index is 1.04. The van der Waals surface area contributed by atoms with Crippen LogP contribution in [0.1, 0.15) is 22.3 Å². The molecule has 0 saturated carbocycles. The molecule has 11 aromatic rings. The Morgan fingerprint density at radius 1 is 0.356 bits per heavy atom. The van der Waals surface area contributed by atoms with Crippen molar-refractivity contribution < 1.29 is 8.83 Å². The minimum absolute atomic E-state index is 0.499. The molecule has 0 unspecified atom stereocenters. The van der Waals surface area contributed by atoms with Crippen molar-refractivity contribution in [3.05, 3.63) is 229 Å². The largest absolute Gasteiger partial charge is 0.436 e. The summed E-state index contributed by atoms with van der Waals surface area (Å²) in [6, 6.07) is 73.3. The summed E-state index contributed by atoms with van der Waals surface area (Å²) in [6.07, 6.45) is 0. The van der Waals surface area contributed by atoms with Gasteiger partial charge in [0.15, 0.2) is 11.2 Å². The second-order valence-electron chi connectivity index (χ2n) is 15.3. The fraction of sp³-hybridized carbons (Fsp3) is 0.0182. The van der Waals surface area contributed by atoms with Crippen LogP contribution < -0.4 is 0 Å². The zero-order chi connectivity index (χ0) is 38.9. The first-order valence-electron chi connectivity index (χ1n) is 20.0. The van der Waals surface area contributed by atoms with E-state index in [0.717, 1.165) is 55.6 Å². The molecular formula is C55H34N2O2. The van der Waals surface area contributed by atoms with Gasteiger partial charge in [0.1, 0.15) is 11.0 Å². The summed E-state index contributed by atoms with van der Waals surface area (Å²) in [5, 5.41) is 2.51. The summed E-state index contributed by atoms with van der Waals surface area (Å²) in [4.78, 5) is 9.74. The van der Waals surface area contributed by atoms with Gasteiger partial charge in [-0.05, 0) is 121 Å². The topological polar surface area (TPSA) is 52.1 Å². The molecule has 0 N–H and O–H groups in total. The van der Waals surface area contributed by atoms with Gasteiger partial charge in [0, 0.05) is 11.1 Å². The molecule has 0 aliphatic heterocycles. The number of para-hydroxylation sites is 4. The van der Waals surface area contributed by atoms with Gasteiger partial charge in [0.05, 0.1) is 5.41 Å². The fourth-order valence-corrected chi connectivity index (χ4v) is 9.36. The number of benzene rings is 9. The molecule has 0 saturated heterocycles. The lowest BCUT2D eigenvalue weighted by Crippen LogP contribution is -2.28. The van der Waals surface area contributed by atoms with Gasteiger partial charge in [0.25, 0.3) is 0 Å². The van der Waals surface area contributed by atoms with E-state index in [0.29, 0.717) is 11.8 Å². The first-order chi connectivity index (χ1) is 29.2. The molecule has 1 aliphatic rings. The molecule has 0 radical (unpaired) electrons. The molecule has 276 valence electrons. The quantitative estimate of drug-likeness (QED) is 0.170. The highest BCUT2D eigenvalue weighted by Gasteiger charge is 2.47. The normalized spacial score (nSPS) is 12.9. The lowest BCUT2D eigenvalue weighted by atomic mass is 9.66. The summed E-state index contributed by atoms with van der Waals surface area (Å²) in [5.41, 5.74) is 16.3. The number of aromatic nitrogens is 2. The van der Waals surface area contributed by atoms with Gasteiger partial charge >= 0.3 is 0 Å². The number of oxazole rings is 2. The lowest BCUT2D eigenvalue weighted by Gasteiger charge is -2.34. The van der Waals surface area contributed by atoms with Crippen LogP contribution in [0.15, 0.2) is 215 Å². The van der Waals surface area contributed by atoms with Crippen LogP contribution in [-0.4, -0.2) is 9.97 Å². The molecule has 9 aromatic carbocycles. The molecule has 0 atom stereocenters. The standard InChI is InChI=1S/C55H34N2O2/c1-3-17-42(18-4-1)55(43-19-5-2-6-20-43)47-29-27-38(34-46(47)45-28-26-35-14-7-8-21-44(35)52(45)55)36-15-13-16-37(30-36)39-31-40(53-56-48-22-9-11-24-50(48)58-53)33-41(32-39)54-57-49-23-10-12-25-51(49)59-54/h1-34H. The first kappa shape index (κ1) is 33.3. The third-order valence-corrected chi connectivity index (χ3v) is 12.0. The van der Waals surface area contributed by atoms with Crippen molar-refractivity contribution in [2.75, 3.05) is 0 Å². The predicted molar refractivity (Wildman–Crippen MR) is 238 cm³/mol. The molecule has 4 nitrogen and oxygen atoms in total. The summed E-state index contributed by atoms with van der Waals surface area (Å²) in [7, 11) is 0. The van der Waals surface area contributed by atoms with Gasteiger partial charge < -0.3 is 8.83 Å². The Labute approximate surface area is 340 Å². The predicted octanol–water partition coefficient (Wildman–Crippen LogP) is 14.2. The van der Waals surface area contributed by atoms with Gasteiger partial charge in [-0.1, -0.05) is 152 Å². The highest BCUT2D eigenvalue weighted by molar-refractivity contribution is 6.01. The molecule has 0 spiro atoms. The average Bonchev–Trinajstić information content (AvgIpc) is 4.03. The molecule has 12 rings (SSSR count). The zero-order valence-corrected chi connectivity index (χ0v) is 31.8. The zero-order valence-electron chi connectivity index (χ0n) is 31.8. The summed E-state index contributed by atoms with van der Waals surface area (Å²) in [5.74, 6) is 1.10. The number of hydrogen-bond donors (Lipinski definition) is 0. The van der Waals surface area contributed by atoms with Gasteiger partial charge in [-0.2, -0.15) is 0 Å². The van der Waals surface area contributed by atoms with Crippen LogP contribution in [-0.2, 0) is 5.41 Å². The fourth-order valence-electron chi connectivity index (χ4n) is 9.36. The van der Waals surface area contributed by atoms with Crippen LogP contribution in [0.4, 0.5) is 0 Å². The Hall–Kier alpha value is -7.82. The van der Waals surface area contributed by atoms with E-state index >= 15 is 0 Å². The number of nitrogens with zero attached hydrogens (tertiary/aromatic N) is 2. The van der Waals surface area contributed by atoms with Gasteiger partial charge in [0.2, 0.25) is 11.8 Å². The van der Waals surface area contributed by atoms with Crippen molar-refractivity contribution in [2.45, 2.75) is 5.41 Å². The number of rotatable bonds is 6. The third-order valence-electron chi connectivity index (χ3n) is 12.0. The number of hydrogen-bond acceptors (Lipinski definition) is 4. The highest BCUT2D eigenvalue weighted by Crippen LogP contribution is 2.58. The van der Waals surface area contributed by atoms with E-state index in [1.807, 2.05) is 48.5 Å². The summed E-state index contributed by atoms with van der Waals surface area (Å²) >= 11 is 0. The van der Waals surface area contributed by atoms with Crippen molar-refractivity contribution in [1.82, 2.24) is 9.97 Å². The molecular weight excluding hydrogens is 721 g/mol. The minimum Gasteiger partial charge on any atom is -0.436 e. The van der Waals surface area contributed by atoms with Crippen molar-refractivity contribution in [3.63, 3.8) is 0 Å². The van der Waals surface area contributed by atoms with Crippen LogP contribution in [0.3, 0.4) is 0 Å². The maximum atomic E-state index is 6.30. The lowest BCUT2D eigenvalue weighted by molar-refractivity contribution is 0.617. The maximum Gasteiger partial charge on any atom is 0.227 e. The third kappa shape index (κ3) is 5.23. The summed E-state index contributed by atoms with van der Waals surface area (Å²) in [6.45, 7) is 0. The van der Waals surface area contributed by atoms with Gasteiger partial charge in [-0.25, -0.2) is 9.97 Å². The van der Waals surface area contributed by atoms with E-state index < -0.39 is 5.41 Å². The second-order valence-corrected chi connectivity index (χ2v) is 15.3. The molecule has 59 heavy (non-hydrogen) atoms. The Morgan fingerprint density at radius 3 is 1.53 bits per heavy atom. The molecule has 0 bridgehead atoms. The smallest absolute Gasteiger partial charge is 0.227 e. The van der Waals surface area contributed by atoms with Gasteiger partial charge in [-0.15, -0.1) is 0 Å². The maximum absolute atomic E-state index is 6.30. The minimum atomic E-state index is -0.499. The van der Waals surface area contributed by atoms with Crippen molar-refractivity contribution in [1.29, 1.82) is 0 Å². The Bertz CT molecular complexity index is 3200.